The lowest BCUT2D eigenvalue weighted by Gasteiger charge is -2.23. The zero-order chi connectivity index (χ0) is 13.8. The molecule has 1 rings (SSSR count). The van der Waals surface area contributed by atoms with Gasteiger partial charge < -0.3 is 10.1 Å². The van der Waals surface area contributed by atoms with Crippen molar-refractivity contribution in [1.29, 1.82) is 0 Å². The minimum atomic E-state index is 0.195. The summed E-state index contributed by atoms with van der Waals surface area (Å²) in [5.74, 6) is 1.46. The van der Waals surface area contributed by atoms with Crippen LogP contribution in [0.3, 0.4) is 0 Å². The van der Waals surface area contributed by atoms with Crippen LogP contribution >= 0.6 is 0 Å². The van der Waals surface area contributed by atoms with E-state index >= 15 is 0 Å². The summed E-state index contributed by atoms with van der Waals surface area (Å²) in [5.41, 5.74) is 1.53. The standard InChI is InChI=1S/C16H27NO/c1-12(2)15(11-17-6)18-14-9-7-13(8-10-14)16(3,4)5/h7-10,12,15,17H,11H2,1-6H3. The van der Waals surface area contributed by atoms with E-state index in [9.17, 15) is 0 Å². The van der Waals surface area contributed by atoms with Crippen molar-refractivity contribution in [1.82, 2.24) is 5.32 Å². The first-order valence-corrected chi connectivity index (χ1v) is 6.76. The van der Waals surface area contributed by atoms with Gasteiger partial charge in [0.05, 0.1) is 0 Å². The molecule has 1 unspecified atom stereocenters. The molecule has 1 aromatic rings. The molecule has 0 aromatic heterocycles. The lowest BCUT2D eigenvalue weighted by Crippen LogP contribution is -2.33. The van der Waals surface area contributed by atoms with E-state index in [2.05, 4.69) is 64.2 Å². The van der Waals surface area contributed by atoms with Crippen LogP contribution in [0.1, 0.15) is 40.2 Å². The Hall–Kier alpha value is -1.02. The fourth-order valence-electron chi connectivity index (χ4n) is 1.82. The molecule has 0 amide bonds. The van der Waals surface area contributed by atoms with Gasteiger partial charge >= 0.3 is 0 Å². The van der Waals surface area contributed by atoms with Crippen LogP contribution in [-0.4, -0.2) is 19.7 Å². The van der Waals surface area contributed by atoms with E-state index in [1.165, 1.54) is 5.56 Å². The van der Waals surface area contributed by atoms with E-state index in [1.807, 2.05) is 7.05 Å². The molecule has 0 aliphatic heterocycles. The molecule has 1 aromatic carbocycles. The van der Waals surface area contributed by atoms with Crippen LogP contribution in [0.4, 0.5) is 0 Å². The Morgan fingerprint density at radius 1 is 1.11 bits per heavy atom. The first kappa shape index (κ1) is 15.0. The quantitative estimate of drug-likeness (QED) is 0.861. The number of benzene rings is 1. The van der Waals surface area contributed by atoms with Gasteiger partial charge in [-0.25, -0.2) is 0 Å². The van der Waals surface area contributed by atoms with E-state index in [4.69, 9.17) is 4.74 Å². The first-order valence-electron chi connectivity index (χ1n) is 6.76. The zero-order valence-electron chi connectivity index (χ0n) is 12.6. The molecule has 2 heteroatoms. The average Bonchev–Trinajstić information content (AvgIpc) is 2.28. The Morgan fingerprint density at radius 3 is 2.06 bits per heavy atom. The largest absolute Gasteiger partial charge is 0.489 e. The molecule has 0 spiro atoms. The highest BCUT2D eigenvalue weighted by molar-refractivity contribution is 5.31. The van der Waals surface area contributed by atoms with Gasteiger partial charge in [0.15, 0.2) is 0 Å². The topological polar surface area (TPSA) is 21.3 Å². The third-order valence-corrected chi connectivity index (χ3v) is 3.16. The predicted molar refractivity (Wildman–Crippen MR) is 78.3 cm³/mol. The van der Waals surface area contributed by atoms with Crippen molar-refractivity contribution in [3.05, 3.63) is 29.8 Å². The summed E-state index contributed by atoms with van der Waals surface area (Å²) in [4.78, 5) is 0. The second-order valence-electron chi connectivity index (χ2n) is 6.23. The predicted octanol–water partition coefficient (Wildman–Crippen LogP) is 3.61. The number of rotatable bonds is 5. The maximum absolute atomic E-state index is 6.02. The summed E-state index contributed by atoms with van der Waals surface area (Å²) >= 11 is 0. The van der Waals surface area contributed by atoms with Crippen LogP contribution < -0.4 is 10.1 Å². The summed E-state index contributed by atoms with van der Waals surface area (Å²) in [7, 11) is 1.96. The van der Waals surface area contributed by atoms with Crippen LogP contribution in [0.2, 0.25) is 0 Å². The molecule has 0 radical (unpaired) electrons. The number of hydrogen-bond acceptors (Lipinski definition) is 2. The van der Waals surface area contributed by atoms with Crippen molar-refractivity contribution in [3.63, 3.8) is 0 Å². The lowest BCUT2D eigenvalue weighted by molar-refractivity contribution is 0.151. The molecule has 0 aliphatic carbocycles. The van der Waals surface area contributed by atoms with Crippen molar-refractivity contribution in [2.45, 2.75) is 46.1 Å². The van der Waals surface area contributed by atoms with Gasteiger partial charge in [0.1, 0.15) is 11.9 Å². The van der Waals surface area contributed by atoms with E-state index in [0.29, 0.717) is 5.92 Å². The van der Waals surface area contributed by atoms with E-state index < -0.39 is 0 Å². The molecule has 0 saturated carbocycles. The third-order valence-electron chi connectivity index (χ3n) is 3.16. The van der Waals surface area contributed by atoms with Gasteiger partial charge in [0, 0.05) is 6.54 Å². The Bertz CT molecular complexity index is 348. The molecule has 1 atom stereocenters. The number of likely N-dealkylation sites (N-methyl/N-ethyl adjacent to an activating group) is 1. The van der Waals surface area contributed by atoms with Crippen LogP contribution in [0.25, 0.3) is 0 Å². The van der Waals surface area contributed by atoms with Crippen molar-refractivity contribution < 1.29 is 4.74 Å². The van der Waals surface area contributed by atoms with Crippen LogP contribution in [0.5, 0.6) is 5.75 Å². The molecular weight excluding hydrogens is 222 g/mol. The maximum Gasteiger partial charge on any atom is 0.119 e. The maximum atomic E-state index is 6.02. The highest BCUT2D eigenvalue weighted by atomic mass is 16.5. The van der Waals surface area contributed by atoms with Gasteiger partial charge in [-0.3, -0.25) is 0 Å². The third kappa shape index (κ3) is 4.34. The summed E-state index contributed by atoms with van der Waals surface area (Å²) in [6.45, 7) is 11.9. The molecule has 102 valence electrons. The minimum absolute atomic E-state index is 0.195. The van der Waals surface area contributed by atoms with E-state index in [0.717, 1.165) is 12.3 Å². The highest BCUT2D eigenvalue weighted by Gasteiger charge is 2.16. The summed E-state index contributed by atoms with van der Waals surface area (Å²) in [6.07, 6.45) is 0.218. The molecule has 0 heterocycles. The average molecular weight is 249 g/mol. The second kappa shape index (κ2) is 6.24. The fourth-order valence-corrected chi connectivity index (χ4v) is 1.82. The fraction of sp³-hybridized carbons (Fsp3) is 0.625. The molecule has 2 nitrogen and oxygen atoms in total. The van der Waals surface area contributed by atoms with Gasteiger partial charge in [-0.15, -0.1) is 0 Å². The summed E-state index contributed by atoms with van der Waals surface area (Å²) in [5, 5.41) is 3.18. The smallest absolute Gasteiger partial charge is 0.119 e. The Morgan fingerprint density at radius 2 is 1.67 bits per heavy atom. The number of ether oxygens (including phenoxy) is 1. The highest BCUT2D eigenvalue weighted by Crippen LogP contribution is 2.25. The van der Waals surface area contributed by atoms with Crippen LogP contribution in [0, 0.1) is 5.92 Å². The van der Waals surface area contributed by atoms with Crippen molar-refractivity contribution in [3.8, 4) is 5.75 Å². The van der Waals surface area contributed by atoms with Gasteiger partial charge in [-0.05, 0) is 36.1 Å². The molecule has 0 bridgehead atoms. The van der Waals surface area contributed by atoms with E-state index in [-0.39, 0.29) is 11.5 Å². The normalized spacial score (nSPS) is 13.7. The van der Waals surface area contributed by atoms with Crippen molar-refractivity contribution in [2.75, 3.05) is 13.6 Å². The van der Waals surface area contributed by atoms with Crippen LogP contribution in [0.15, 0.2) is 24.3 Å². The Kier molecular flexibility index (Phi) is 5.21. The van der Waals surface area contributed by atoms with Gasteiger partial charge in [0.25, 0.3) is 0 Å². The molecule has 0 saturated heterocycles. The second-order valence-corrected chi connectivity index (χ2v) is 6.23. The molecular formula is C16H27NO. The monoisotopic (exact) mass is 249 g/mol. The van der Waals surface area contributed by atoms with Crippen LogP contribution in [-0.2, 0) is 5.41 Å². The summed E-state index contributed by atoms with van der Waals surface area (Å²) in [6, 6.07) is 8.47. The SMILES string of the molecule is CNCC(Oc1ccc(C(C)(C)C)cc1)C(C)C. The zero-order valence-corrected chi connectivity index (χ0v) is 12.6. The van der Waals surface area contributed by atoms with Gasteiger partial charge in [-0.2, -0.15) is 0 Å². The van der Waals surface area contributed by atoms with Crippen molar-refractivity contribution in [2.24, 2.45) is 5.92 Å². The number of hydrogen-bond donors (Lipinski definition) is 1. The Balaban J connectivity index is 2.73. The lowest BCUT2D eigenvalue weighted by atomic mass is 9.87. The Labute approximate surface area is 112 Å². The molecule has 1 N–H and O–H groups in total. The number of nitrogens with one attached hydrogen (secondary N) is 1. The van der Waals surface area contributed by atoms with Gasteiger partial charge in [-0.1, -0.05) is 46.8 Å². The molecule has 0 aliphatic rings. The molecule has 18 heavy (non-hydrogen) atoms. The van der Waals surface area contributed by atoms with Gasteiger partial charge in [0.2, 0.25) is 0 Å². The first-order chi connectivity index (χ1) is 8.34. The van der Waals surface area contributed by atoms with E-state index in [1.54, 1.807) is 0 Å². The summed E-state index contributed by atoms with van der Waals surface area (Å²) < 4.78 is 6.02. The van der Waals surface area contributed by atoms with Crippen molar-refractivity contribution >= 4 is 0 Å². The molecule has 0 fully saturated rings. The minimum Gasteiger partial charge on any atom is -0.489 e.